The van der Waals surface area contributed by atoms with E-state index in [-0.39, 0.29) is 11.9 Å². The van der Waals surface area contributed by atoms with Gasteiger partial charge in [0.25, 0.3) is 0 Å². The summed E-state index contributed by atoms with van der Waals surface area (Å²) in [5.41, 5.74) is 1.01. The highest BCUT2D eigenvalue weighted by atomic mass is 35.5. The summed E-state index contributed by atoms with van der Waals surface area (Å²) in [5.74, 6) is 1.10. The number of aromatic nitrogens is 1. The zero-order valence-corrected chi connectivity index (χ0v) is 15.1. The average molecular weight is 359 g/mol. The maximum Gasteiger partial charge on any atom is 0.236 e. The smallest absolute Gasteiger partial charge is 0.236 e. The number of pyridine rings is 1. The second kappa shape index (κ2) is 8.32. The first-order chi connectivity index (χ1) is 12.1. The van der Waals surface area contributed by atoms with Crippen LogP contribution in [0.4, 0.5) is 5.82 Å². The first-order valence-corrected chi connectivity index (χ1v) is 8.94. The van der Waals surface area contributed by atoms with Crippen molar-refractivity contribution in [3.63, 3.8) is 0 Å². The van der Waals surface area contributed by atoms with E-state index in [2.05, 4.69) is 15.2 Å². The van der Waals surface area contributed by atoms with E-state index in [1.807, 2.05) is 54.3 Å². The SMILES string of the molecule is C[C@H](NCC(=O)N1CCN(c2ccccn2)CC1)c1ccccc1Cl. The Morgan fingerprint density at radius 3 is 2.56 bits per heavy atom. The maximum absolute atomic E-state index is 12.5. The zero-order chi connectivity index (χ0) is 17.6. The van der Waals surface area contributed by atoms with E-state index >= 15 is 0 Å². The summed E-state index contributed by atoms with van der Waals surface area (Å²) in [6, 6.07) is 13.7. The van der Waals surface area contributed by atoms with Crippen LogP contribution in [-0.2, 0) is 4.79 Å². The molecular weight excluding hydrogens is 336 g/mol. The molecule has 0 saturated carbocycles. The average Bonchev–Trinajstić information content (AvgIpc) is 2.67. The minimum Gasteiger partial charge on any atom is -0.353 e. The molecule has 0 spiro atoms. The van der Waals surface area contributed by atoms with Crippen molar-refractivity contribution in [1.82, 2.24) is 15.2 Å². The predicted octanol–water partition coefficient (Wildman–Crippen LogP) is 2.73. The van der Waals surface area contributed by atoms with Crippen molar-refractivity contribution in [1.29, 1.82) is 0 Å². The standard InChI is InChI=1S/C19H23ClN4O/c1-15(16-6-2-3-7-17(16)20)22-14-19(25)24-12-10-23(11-13-24)18-8-4-5-9-21-18/h2-9,15,22H,10-14H2,1H3/t15-/m0/s1. The van der Waals surface area contributed by atoms with Crippen LogP contribution in [0.5, 0.6) is 0 Å². The van der Waals surface area contributed by atoms with Gasteiger partial charge >= 0.3 is 0 Å². The highest BCUT2D eigenvalue weighted by molar-refractivity contribution is 6.31. The number of amides is 1. The fourth-order valence-corrected chi connectivity index (χ4v) is 3.31. The molecule has 1 N–H and O–H groups in total. The number of halogens is 1. The first kappa shape index (κ1) is 17.7. The van der Waals surface area contributed by atoms with Crippen molar-refractivity contribution < 1.29 is 4.79 Å². The van der Waals surface area contributed by atoms with Gasteiger partial charge in [0, 0.05) is 43.4 Å². The summed E-state index contributed by atoms with van der Waals surface area (Å²) in [6.07, 6.45) is 1.80. The van der Waals surface area contributed by atoms with Crippen LogP contribution in [0, 0.1) is 0 Å². The number of carbonyl (C=O) groups is 1. The third kappa shape index (κ3) is 4.50. The molecule has 2 heterocycles. The predicted molar refractivity (Wildman–Crippen MR) is 101 cm³/mol. The van der Waals surface area contributed by atoms with Gasteiger partial charge in [-0.05, 0) is 30.7 Å². The number of carbonyl (C=O) groups excluding carboxylic acids is 1. The van der Waals surface area contributed by atoms with Gasteiger partial charge in [-0.25, -0.2) is 4.98 Å². The highest BCUT2D eigenvalue weighted by Crippen LogP contribution is 2.22. The number of piperazine rings is 1. The van der Waals surface area contributed by atoms with Gasteiger partial charge in [-0.15, -0.1) is 0 Å². The fraction of sp³-hybridized carbons (Fsp3) is 0.368. The molecule has 1 fully saturated rings. The molecule has 0 bridgehead atoms. The van der Waals surface area contributed by atoms with E-state index in [1.54, 1.807) is 6.20 Å². The van der Waals surface area contributed by atoms with Gasteiger partial charge in [-0.3, -0.25) is 4.79 Å². The molecular formula is C19H23ClN4O. The van der Waals surface area contributed by atoms with Gasteiger partial charge in [-0.1, -0.05) is 35.9 Å². The number of hydrogen-bond donors (Lipinski definition) is 1. The van der Waals surface area contributed by atoms with Crippen LogP contribution in [-0.4, -0.2) is 48.5 Å². The lowest BCUT2D eigenvalue weighted by Crippen LogP contribution is -2.51. The van der Waals surface area contributed by atoms with Gasteiger partial charge in [0.15, 0.2) is 0 Å². The molecule has 1 aromatic heterocycles. The quantitative estimate of drug-likeness (QED) is 0.892. The van der Waals surface area contributed by atoms with Crippen LogP contribution < -0.4 is 10.2 Å². The highest BCUT2D eigenvalue weighted by Gasteiger charge is 2.22. The molecule has 0 unspecified atom stereocenters. The maximum atomic E-state index is 12.5. The molecule has 0 radical (unpaired) electrons. The lowest BCUT2D eigenvalue weighted by Gasteiger charge is -2.35. The van der Waals surface area contributed by atoms with Crippen LogP contribution in [0.1, 0.15) is 18.5 Å². The van der Waals surface area contributed by atoms with E-state index in [1.165, 1.54) is 0 Å². The van der Waals surface area contributed by atoms with Crippen LogP contribution in [0.25, 0.3) is 0 Å². The van der Waals surface area contributed by atoms with Crippen LogP contribution in [0.2, 0.25) is 5.02 Å². The Kier molecular flexibility index (Phi) is 5.89. The summed E-state index contributed by atoms with van der Waals surface area (Å²) >= 11 is 6.21. The molecule has 6 heteroatoms. The number of nitrogens with one attached hydrogen (secondary N) is 1. The van der Waals surface area contributed by atoms with E-state index in [0.29, 0.717) is 6.54 Å². The summed E-state index contributed by atoms with van der Waals surface area (Å²) < 4.78 is 0. The summed E-state index contributed by atoms with van der Waals surface area (Å²) in [7, 11) is 0. The van der Waals surface area contributed by atoms with Crippen molar-refractivity contribution in [2.45, 2.75) is 13.0 Å². The minimum atomic E-state index is 0.0347. The molecule has 1 saturated heterocycles. The molecule has 1 aliphatic heterocycles. The lowest BCUT2D eigenvalue weighted by atomic mass is 10.1. The Morgan fingerprint density at radius 1 is 1.16 bits per heavy atom. The first-order valence-electron chi connectivity index (χ1n) is 8.56. The van der Waals surface area contributed by atoms with Crippen molar-refractivity contribution in [3.05, 3.63) is 59.2 Å². The van der Waals surface area contributed by atoms with E-state index in [0.717, 1.165) is 42.6 Å². The topological polar surface area (TPSA) is 48.5 Å². The molecule has 1 aliphatic rings. The largest absolute Gasteiger partial charge is 0.353 e. The Balaban J connectivity index is 1.47. The van der Waals surface area contributed by atoms with Gasteiger partial charge in [-0.2, -0.15) is 0 Å². The van der Waals surface area contributed by atoms with E-state index in [9.17, 15) is 4.79 Å². The zero-order valence-electron chi connectivity index (χ0n) is 14.4. The normalized spacial score (nSPS) is 15.9. The number of rotatable bonds is 5. The molecule has 0 aliphatic carbocycles. The Bertz CT molecular complexity index is 702. The fourth-order valence-electron chi connectivity index (χ4n) is 3.01. The second-order valence-corrected chi connectivity index (χ2v) is 6.59. The van der Waals surface area contributed by atoms with Gasteiger partial charge < -0.3 is 15.1 Å². The Labute approximate surface area is 153 Å². The van der Waals surface area contributed by atoms with Gasteiger partial charge in [0.2, 0.25) is 5.91 Å². The minimum absolute atomic E-state index is 0.0347. The molecule has 1 aromatic carbocycles. The van der Waals surface area contributed by atoms with Gasteiger partial charge in [0.05, 0.1) is 6.54 Å². The monoisotopic (exact) mass is 358 g/mol. The van der Waals surface area contributed by atoms with Crippen LogP contribution in [0.15, 0.2) is 48.7 Å². The summed E-state index contributed by atoms with van der Waals surface area (Å²) in [5, 5.41) is 4.00. The molecule has 25 heavy (non-hydrogen) atoms. The third-order valence-corrected chi connectivity index (χ3v) is 4.88. The van der Waals surface area contributed by atoms with Crippen molar-refractivity contribution in [3.8, 4) is 0 Å². The van der Waals surface area contributed by atoms with Crippen molar-refractivity contribution >= 4 is 23.3 Å². The lowest BCUT2D eigenvalue weighted by molar-refractivity contribution is -0.130. The number of nitrogens with zero attached hydrogens (tertiary/aromatic N) is 3. The molecule has 2 aromatic rings. The number of anilines is 1. The number of benzene rings is 1. The second-order valence-electron chi connectivity index (χ2n) is 6.18. The third-order valence-electron chi connectivity index (χ3n) is 4.54. The number of hydrogen-bond acceptors (Lipinski definition) is 4. The van der Waals surface area contributed by atoms with Crippen LogP contribution >= 0.6 is 11.6 Å². The summed E-state index contributed by atoms with van der Waals surface area (Å²) in [6.45, 7) is 5.39. The molecule has 5 nitrogen and oxygen atoms in total. The summed E-state index contributed by atoms with van der Waals surface area (Å²) in [4.78, 5) is 20.9. The molecule has 1 atom stereocenters. The van der Waals surface area contributed by atoms with Gasteiger partial charge in [0.1, 0.15) is 5.82 Å². The Hall–Kier alpha value is -2.11. The van der Waals surface area contributed by atoms with Crippen molar-refractivity contribution in [2.75, 3.05) is 37.6 Å². The molecule has 3 rings (SSSR count). The van der Waals surface area contributed by atoms with E-state index in [4.69, 9.17) is 11.6 Å². The Morgan fingerprint density at radius 2 is 1.88 bits per heavy atom. The van der Waals surface area contributed by atoms with Crippen LogP contribution in [0.3, 0.4) is 0 Å². The molecule has 1 amide bonds. The molecule has 132 valence electrons. The van der Waals surface area contributed by atoms with Crippen molar-refractivity contribution in [2.24, 2.45) is 0 Å². The van der Waals surface area contributed by atoms with E-state index < -0.39 is 0 Å².